The normalized spacial score (nSPS) is 10.8. The van der Waals surface area contributed by atoms with Gasteiger partial charge in [-0.3, -0.25) is 4.98 Å². The summed E-state index contributed by atoms with van der Waals surface area (Å²) in [5.41, 5.74) is 3.56. The van der Waals surface area contributed by atoms with Gasteiger partial charge >= 0.3 is 5.97 Å². The molecule has 0 radical (unpaired) electrons. The predicted molar refractivity (Wildman–Crippen MR) is 116 cm³/mol. The van der Waals surface area contributed by atoms with Crippen LogP contribution in [0.3, 0.4) is 0 Å². The SMILES string of the molecule is CCc1ccc(-c2ccc(C(=O)Oc3ccc4cc(Br)ccc4c3)cc2)nc1. The molecule has 4 aromatic rings. The van der Waals surface area contributed by atoms with E-state index in [-0.39, 0.29) is 5.97 Å². The van der Waals surface area contributed by atoms with Gasteiger partial charge in [0.2, 0.25) is 0 Å². The fourth-order valence-electron chi connectivity index (χ4n) is 3.01. The van der Waals surface area contributed by atoms with Gasteiger partial charge in [0.05, 0.1) is 11.3 Å². The maximum Gasteiger partial charge on any atom is 0.343 e. The first-order chi connectivity index (χ1) is 13.6. The Balaban J connectivity index is 1.51. The quantitative estimate of drug-likeness (QED) is 0.275. The lowest BCUT2D eigenvalue weighted by Crippen LogP contribution is -2.08. The molecule has 4 heteroatoms. The van der Waals surface area contributed by atoms with E-state index < -0.39 is 0 Å². The number of benzene rings is 3. The third-order valence-corrected chi connectivity index (χ3v) is 5.13. The van der Waals surface area contributed by atoms with E-state index in [1.54, 1.807) is 18.2 Å². The fourth-order valence-corrected chi connectivity index (χ4v) is 3.38. The highest BCUT2D eigenvalue weighted by Crippen LogP contribution is 2.25. The van der Waals surface area contributed by atoms with Gasteiger partial charge in [-0.2, -0.15) is 0 Å². The molecule has 3 aromatic carbocycles. The second-order valence-electron chi connectivity index (χ2n) is 6.53. The lowest BCUT2D eigenvalue weighted by molar-refractivity contribution is 0.0735. The van der Waals surface area contributed by atoms with Crippen LogP contribution < -0.4 is 4.74 Å². The number of esters is 1. The Morgan fingerprint density at radius 2 is 1.68 bits per heavy atom. The Morgan fingerprint density at radius 1 is 0.929 bits per heavy atom. The molecule has 0 atom stereocenters. The van der Waals surface area contributed by atoms with Crippen LogP contribution in [0.15, 0.2) is 83.5 Å². The molecule has 138 valence electrons. The van der Waals surface area contributed by atoms with Gasteiger partial charge in [-0.1, -0.05) is 53.2 Å². The summed E-state index contributed by atoms with van der Waals surface area (Å²) in [6.07, 6.45) is 2.85. The van der Waals surface area contributed by atoms with E-state index in [0.29, 0.717) is 11.3 Å². The number of hydrogen-bond donors (Lipinski definition) is 0. The van der Waals surface area contributed by atoms with Crippen LogP contribution in [0.5, 0.6) is 5.75 Å². The number of fused-ring (bicyclic) bond motifs is 1. The van der Waals surface area contributed by atoms with Crippen LogP contribution >= 0.6 is 15.9 Å². The number of hydrogen-bond acceptors (Lipinski definition) is 3. The van der Waals surface area contributed by atoms with Crippen molar-refractivity contribution in [2.45, 2.75) is 13.3 Å². The maximum atomic E-state index is 12.5. The molecular formula is C24H18BrNO2. The van der Waals surface area contributed by atoms with Crippen LogP contribution in [-0.2, 0) is 6.42 Å². The van der Waals surface area contributed by atoms with Crippen molar-refractivity contribution in [1.29, 1.82) is 0 Å². The molecule has 28 heavy (non-hydrogen) atoms. The van der Waals surface area contributed by atoms with Gasteiger partial charge in [-0.15, -0.1) is 0 Å². The average Bonchev–Trinajstić information content (AvgIpc) is 2.74. The largest absolute Gasteiger partial charge is 0.423 e. The minimum Gasteiger partial charge on any atom is -0.423 e. The summed E-state index contributed by atoms with van der Waals surface area (Å²) < 4.78 is 6.57. The molecule has 0 unspecified atom stereocenters. The Hall–Kier alpha value is -2.98. The Morgan fingerprint density at radius 3 is 2.39 bits per heavy atom. The molecule has 0 aliphatic heterocycles. The van der Waals surface area contributed by atoms with Crippen molar-refractivity contribution >= 4 is 32.7 Å². The summed E-state index contributed by atoms with van der Waals surface area (Å²) in [5.74, 6) is 0.151. The maximum absolute atomic E-state index is 12.5. The zero-order valence-electron chi connectivity index (χ0n) is 15.4. The Kier molecular flexibility index (Phi) is 5.22. The first-order valence-electron chi connectivity index (χ1n) is 9.09. The predicted octanol–water partition coefficient (Wildman–Crippen LogP) is 6.45. The number of carbonyl (C=O) groups is 1. The zero-order valence-corrected chi connectivity index (χ0v) is 16.9. The van der Waals surface area contributed by atoms with Crippen LogP contribution in [0.1, 0.15) is 22.8 Å². The first kappa shape index (κ1) is 18.4. The molecule has 0 fully saturated rings. The topological polar surface area (TPSA) is 39.2 Å². The van der Waals surface area contributed by atoms with E-state index in [2.05, 4.69) is 33.9 Å². The van der Waals surface area contributed by atoms with E-state index in [0.717, 1.165) is 32.9 Å². The molecule has 0 amide bonds. The first-order valence-corrected chi connectivity index (χ1v) is 9.88. The summed E-state index contributed by atoms with van der Waals surface area (Å²) in [7, 11) is 0. The van der Waals surface area contributed by atoms with Crippen LogP contribution in [0, 0.1) is 0 Å². The molecule has 0 aliphatic rings. The van der Waals surface area contributed by atoms with Gasteiger partial charge in [-0.05, 0) is 65.2 Å². The summed E-state index contributed by atoms with van der Waals surface area (Å²) >= 11 is 3.46. The minimum atomic E-state index is -0.377. The van der Waals surface area contributed by atoms with Gasteiger partial charge < -0.3 is 4.74 Å². The molecule has 4 rings (SSSR count). The monoisotopic (exact) mass is 431 g/mol. The Bertz CT molecular complexity index is 1140. The van der Waals surface area contributed by atoms with E-state index in [1.807, 2.05) is 54.7 Å². The minimum absolute atomic E-state index is 0.377. The highest BCUT2D eigenvalue weighted by atomic mass is 79.9. The van der Waals surface area contributed by atoms with Crippen molar-refractivity contribution < 1.29 is 9.53 Å². The van der Waals surface area contributed by atoms with Gasteiger partial charge in [0, 0.05) is 16.2 Å². The van der Waals surface area contributed by atoms with E-state index in [9.17, 15) is 4.79 Å². The summed E-state index contributed by atoms with van der Waals surface area (Å²) in [5, 5.41) is 2.10. The Labute approximate surface area is 172 Å². The number of pyridine rings is 1. The van der Waals surface area contributed by atoms with Gasteiger partial charge in [0.1, 0.15) is 5.75 Å². The number of aryl methyl sites for hydroxylation is 1. The van der Waals surface area contributed by atoms with Crippen LogP contribution in [0.2, 0.25) is 0 Å². The molecule has 3 nitrogen and oxygen atoms in total. The molecular weight excluding hydrogens is 414 g/mol. The smallest absolute Gasteiger partial charge is 0.343 e. The van der Waals surface area contributed by atoms with Crippen molar-refractivity contribution in [1.82, 2.24) is 4.98 Å². The third kappa shape index (κ3) is 3.97. The van der Waals surface area contributed by atoms with Crippen LogP contribution in [0.25, 0.3) is 22.0 Å². The number of nitrogens with zero attached hydrogens (tertiary/aromatic N) is 1. The summed E-state index contributed by atoms with van der Waals surface area (Å²) in [6.45, 7) is 2.10. The standard InChI is InChI=1S/C24H18BrNO2/c1-2-16-3-12-23(26-15-16)17-4-6-18(7-5-17)24(27)28-22-11-9-19-13-21(25)10-8-20(19)14-22/h3-15H,2H2,1H3. The number of ether oxygens (including phenoxy) is 1. The van der Waals surface area contributed by atoms with Gasteiger partial charge in [-0.25, -0.2) is 4.79 Å². The number of aromatic nitrogens is 1. The van der Waals surface area contributed by atoms with Crippen molar-refractivity contribution in [3.05, 3.63) is 94.6 Å². The third-order valence-electron chi connectivity index (χ3n) is 4.63. The van der Waals surface area contributed by atoms with Crippen molar-refractivity contribution in [2.75, 3.05) is 0 Å². The van der Waals surface area contributed by atoms with Gasteiger partial charge in [0.25, 0.3) is 0 Å². The molecule has 0 saturated carbocycles. The van der Waals surface area contributed by atoms with Crippen LogP contribution in [-0.4, -0.2) is 11.0 Å². The molecule has 0 bridgehead atoms. The fraction of sp³-hybridized carbons (Fsp3) is 0.0833. The lowest BCUT2D eigenvalue weighted by Gasteiger charge is -2.07. The highest BCUT2D eigenvalue weighted by Gasteiger charge is 2.10. The van der Waals surface area contributed by atoms with E-state index in [4.69, 9.17) is 4.74 Å². The molecule has 0 aliphatic carbocycles. The zero-order chi connectivity index (χ0) is 19.5. The van der Waals surface area contributed by atoms with Crippen molar-refractivity contribution in [3.63, 3.8) is 0 Å². The summed E-state index contributed by atoms with van der Waals surface area (Å²) in [4.78, 5) is 17.0. The lowest BCUT2D eigenvalue weighted by atomic mass is 10.1. The second kappa shape index (κ2) is 7.95. The number of carbonyl (C=O) groups excluding carboxylic acids is 1. The highest BCUT2D eigenvalue weighted by molar-refractivity contribution is 9.10. The van der Waals surface area contributed by atoms with E-state index in [1.165, 1.54) is 5.56 Å². The molecule has 1 heterocycles. The molecule has 1 aromatic heterocycles. The van der Waals surface area contributed by atoms with Crippen molar-refractivity contribution in [3.8, 4) is 17.0 Å². The number of rotatable bonds is 4. The molecule has 0 N–H and O–H groups in total. The van der Waals surface area contributed by atoms with Gasteiger partial charge in [0.15, 0.2) is 0 Å². The number of halogens is 1. The average molecular weight is 432 g/mol. The molecule has 0 saturated heterocycles. The van der Waals surface area contributed by atoms with Crippen molar-refractivity contribution in [2.24, 2.45) is 0 Å². The van der Waals surface area contributed by atoms with E-state index >= 15 is 0 Å². The molecule has 0 spiro atoms. The summed E-state index contributed by atoms with van der Waals surface area (Å²) in [6, 6.07) is 23.0. The van der Waals surface area contributed by atoms with Crippen LogP contribution in [0.4, 0.5) is 0 Å². The second-order valence-corrected chi connectivity index (χ2v) is 7.44.